The van der Waals surface area contributed by atoms with E-state index in [0.29, 0.717) is 31.1 Å². The highest BCUT2D eigenvalue weighted by atomic mass is 16.3. The fourth-order valence-corrected chi connectivity index (χ4v) is 5.34. The third kappa shape index (κ3) is 5.36. The second-order valence-electron chi connectivity index (χ2n) is 11.5. The van der Waals surface area contributed by atoms with Crippen molar-refractivity contribution in [1.29, 1.82) is 0 Å². The van der Waals surface area contributed by atoms with Gasteiger partial charge in [0.1, 0.15) is 17.8 Å². The van der Waals surface area contributed by atoms with Crippen LogP contribution in [0.3, 0.4) is 0 Å². The van der Waals surface area contributed by atoms with E-state index in [1.165, 1.54) is 4.90 Å². The minimum absolute atomic E-state index is 0.0859. The lowest BCUT2D eigenvalue weighted by atomic mass is 9.85. The Morgan fingerprint density at radius 3 is 2.59 bits per heavy atom. The molecule has 2 saturated heterocycles. The number of aromatic nitrogens is 4. The molecule has 1 aliphatic carbocycles. The smallest absolute Gasteiger partial charge is 0.272 e. The maximum atomic E-state index is 13.9. The summed E-state index contributed by atoms with van der Waals surface area (Å²) in [5.74, 6) is -0.328. The molecule has 11 heteroatoms. The number of hydrogen-bond acceptors (Lipinski definition) is 7. The van der Waals surface area contributed by atoms with Gasteiger partial charge in [0.15, 0.2) is 0 Å². The normalized spacial score (nSPS) is 24.8. The van der Waals surface area contributed by atoms with E-state index in [1.807, 2.05) is 27.0 Å². The predicted octanol–water partition coefficient (Wildman–Crippen LogP) is 1.13. The van der Waals surface area contributed by atoms with Crippen LogP contribution in [0, 0.1) is 5.41 Å². The number of aliphatic hydroxyl groups is 1. The van der Waals surface area contributed by atoms with E-state index in [-0.39, 0.29) is 36.7 Å². The van der Waals surface area contributed by atoms with E-state index in [0.717, 1.165) is 18.5 Å². The summed E-state index contributed by atoms with van der Waals surface area (Å²) in [5, 5.41) is 22.0. The van der Waals surface area contributed by atoms with Gasteiger partial charge in [-0.2, -0.15) is 0 Å². The van der Waals surface area contributed by atoms with Crippen molar-refractivity contribution >= 4 is 17.7 Å². The van der Waals surface area contributed by atoms with Crippen molar-refractivity contribution in [2.45, 2.75) is 76.6 Å². The molecule has 2 aromatic rings. The number of rotatable bonds is 6. The molecular weight excluding hydrogens is 474 g/mol. The van der Waals surface area contributed by atoms with Crippen LogP contribution in [0.5, 0.6) is 0 Å². The Morgan fingerprint density at radius 2 is 1.92 bits per heavy atom. The van der Waals surface area contributed by atoms with Gasteiger partial charge in [-0.05, 0) is 36.8 Å². The van der Waals surface area contributed by atoms with Gasteiger partial charge in [0.25, 0.3) is 5.91 Å². The van der Waals surface area contributed by atoms with E-state index < -0.39 is 23.6 Å². The lowest BCUT2D eigenvalue weighted by molar-refractivity contribution is -0.144. The number of amides is 3. The zero-order chi connectivity index (χ0) is 26.3. The maximum Gasteiger partial charge on any atom is 0.272 e. The third-order valence-electron chi connectivity index (χ3n) is 7.41. The topological polar surface area (TPSA) is 134 Å². The first kappa shape index (κ1) is 25.3. The standard InChI is InChI=1S/C26H35N7O4/c1-26(2,3)22(33-15-20(29-30-33)16-7-8-16)25(37)32-14-18(34)12-21(32)23(35)28-17-9-11-31(13-17)24(36)19-6-4-5-10-27-19/h4-6,10,15-18,21-22,34H,7-9,11-14H2,1-3H3,(H,28,35)/t17?,18?,21?,22-/m1/s1. The van der Waals surface area contributed by atoms with Gasteiger partial charge in [-0.25, -0.2) is 4.68 Å². The molecule has 2 N–H and O–H groups in total. The number of aliphatic hydroxyl groups excluding tert-OH is 1. The molecule has 3 aliphatic rings. The monoisotopic (exact) mass is 509 g/mol. The molecule has 4 atom stereocenters. The first-order chi connectivity index (χ1) is 17.6. The number of nitrogens with zero attached hydrogens (tertiary/aromatic N) is 6. The van der Waals surface area contributed by atoms with Crippen molar-refractivity contribution in [1.82, 2.24) is 35.1 Å². The third-order valence-corrected chi connectivity index (χ3v) is 7.41. The number of hydrogen-bond donors (Lipinski definition) is 2. The van der Waals surface area contributed by atoms with Gasteiger partial charge in [0.05, 0.1) is 11.8 Å². The Morgan fingerprint density at radius 1 is 1.14 bits per heavy atom. The summed E-state index contributed by atoms with van der Waals surface area (Å²) >= 11 is 0. The lowest BCUT2D eigenvalue weighted by Gasteiger charge is -2.34. The molecule has 4 heterocycles. The Bertz CT molecular complexity index is 1160. The van der Waals surface area contributed by atoms with E-state index in [2.05, 4.69) is 20.6 Å². The molecule has 3 fully saturated rings. The van der Waals surface area contributed by atoms with E-state index >= 15 is 0 Å². The summed E-state index contributed by atoms with van der Waals surface area (Å²) in [5.41, 5.74) is 0.776. The Balaban J connectivity index is 1.27. The highest BCUT2D eigenvalue weighted by Gasteiger charge is 2.46. The van der Waals surface area contributed by atoms with Crippen LogP contribution in [0.2, 0.25) is 0 Å². The van der Waals surface area contributed by atoms with Crippen molar-refractivity contribution in [3.63, 3.8) is 0 Å². The highest BCUT2D eigenvalue weighted by Crippen LogP contribution is 2.40. The Hall–Kier alpha value is -3.34. The zero-order valence-corrected chi connectivity index (χ0v) is 21.6. The van der Waals surface area contributed by atoms with E-state index in [1.54, 1.807) is 34.0 Å². The summed E-state index contributed by atoms with van der Waals surface area (Å²) in [7, 11) is 0. The van der Waals surface area contributed by atoms with Crippen molar-refractivity contribution in [2.24, 2.45) is 5.41 Å². The van der Waals surface area contributed by atoms with Crippen LogP contribution < -0.4 is 5.32 Å². The van der Waals surface area contributed by atoms with E-state index in [4.69, 9.17) is 0 Å². The summed E-state index contributed by atoms with van der Waals surface area (Å²) in [4.78, 5) is 47.2. The Labute approximate surface area is 216 Å². The number of β-amino-alcohol motifs (C(OH)–C–C–N with tert-alkyl or cyclic N) is 1. The van der Waals surface area contributed by atoms with Crippen LogP contribution >= 0.6 is 0 Å². The molecule has 3 amide bonds. The van der Waals surface area contributed by atoms with Crippen LogP contribution in [0.1, 0.15) is 74.6 Å². The van der Waals surface area contributed by atoms with Gasteiger partial charge < -0.3 is 20.2 Å². The molecule has 2 aromatic heterocycles. The molecule has 0 aromatic carbocycles. The maximum absolute atomic E-state index is 13.9. The van der Waals surface area contributed by atoms with Gasteiger partial charge in [0.2, 0.25) is 11.8 Å². The van der Waals surface area contributed by atoms with Crippen LogP contribution in [0.4, 0.5) is 0 Å². The fraction of sp³-hybridized carbons (Fsp3) is 0.615. The van der Waals surface area contributed by atoms with Crippen molar-refractivity contribution in [3.8, 4) is 0 Å². The average molecular weight is 510 g/mol. The molecule has 37 heavy (non-hydrogen) atoms. The summed E-state index contributed by atoms with van der Waals surface area (Å²) < 4.78 is 1.62. The highest BCUT2D eigenvalue weighted by molar-refractivity contribution is 5.93. The van der Waals surface area contributed by atoms with Crippen LogP contribution in [-0.4, -0.2) is 90.4 Å². The minimum atomic E-state index is -0.792. The average Bonchev–Trinajstić information content (AvgIpc) is 3.23. The fourth-order valence-electron chi connectivity index (χ4n) is 5.34. The van der Waals surface area contributed by atoms with Crippen LogP contribution in [0.25, 0.3) is 0 Å². The number of likely N-dealkylation sites (tertiary alicyclic amines) is 2. The van der Waals surface area contributed by atoms with Gasteiger partial charge in [-0.3, -0.25) is 19.4 Å². The summed E-state index contributed by atoms with van der Waals surface area (Å²) in [6.45, 7) is 6.85. The van der Waals surface area contributed by atoms with Gasteiger partial charge >= 0.3 is 0 Å². The van der Waals surface area contributed by atoms with Gasteiger partial charge in [-0.15, -0.1) is 5.10 Å². The second kappa shape index (κ2) is 9.85. The quantitative estimate of drug-likeness (QED) is 0.596. The number of nitrogens with one attached hydrogen (secondary N) is 1. The zero-order valence-electron chi connectivity index (χ0n) is 21.6. The number of pyridine rings is 1. The van der Waals surface area contributed by atoms with Crippen LogP contribution in [-0.2, 0) is 9.59 Å². The molecule has 2 aliphatic heterocycles. The molecule has 3 unspecified atom stereocenters. The second-order valence-corrected chi connectivity index (χ2v) is 11.5. The molecule has 0 bridgehead atoms. The SMILES string of the molecule is CC(C)(C)[C@@H](C(=O)N1CC(O)CC1C(=O)NC1CCN(C(=O)c2ccccn2)C1)n1cc(C2CC2)nn1. The minimum Gasteiger partial charge on any atom is -0.391 e. The molecular formula is C26H35N7O4. The molecule has 5 rings (SSSR count). The van der Waals surface area contributed by atoms with Crippen LogP contribution in [0.15, 0.2) is 30.6 Å². The van der Waals surface area contributed by atoms with Gasteiger partial charge in [0, 0.05) is 50.4 Å². The van der Waals surface area contributed by atoms with Crippen molar-refractivity contribution < 1.29 is 19.5 Å². The Kier molecular flexibility index (Phi) is 6.74. The predicted molar refractivity (Wildman–Crippen MR) is 133 cm³/mol. The first-order valence-corrected chi connectivity index (χ1v) is 13.0. The molecule has 0 spiro atoms. The van der Waals surface area contributed by atoms with Crippen molar-refractivity contribution in [2.75, 3.05) is 19.6 Å². The summed E-state index contributed by atoms with van der Waals surface area (Å²) in [6.07, 6.45) is 5.58. The number of carbonyl (C=O) groups excluding carboxylic acids is 3. The summed E-state index contributed by atoms with van der Waals surface area (Å²) in [6, 6.07) is 3.51. The van der Waals surface area contributed by atoms with Gasteiger partial charge in [-0.1, -0.05) is 32.1 Å². The molecule has 198 valence electrons. The molecule has 1 saturated carbocycles. The largest absolute Gasteiger partial charge is 0.391 e. The molecule has 11 nitrogen and oxygen atoms in total. The number of carbonyl (C=O) groups is 3. The van der Waals surface area contributed by atoms with Crippen molar-refractivity contribution in [3.05, 3.63) is 42.0 Å². The lowest BCUT2D eigenvalue weighted by Crippen LogP contribution is -2.52. The van der Waals surface area contributed by atoms with E-state index in [9.17, 15) is 19.5 Å². The molecule has 0 radical (unpaired) electrons. The first-order valence-electron chi connectivity index (χ1n) is 13.0.